The van der Waals surface area contributed by atoms with Crippen molar-refractivity contribution in [2.75, 3.05) is 39.3 Å². The van der Waals surface area contributed by atoms with Gasteiger partial charge in [-0.1, -0.05) is 44.2 Å². The maximum Gasteiger partial charge on any atom is 0.417 e. The summed E-state index contributed by atoms with van der Waals surface area (Å²) in [5.74, 6) is 0.0186. The Balaban J connectivity index is 1.75. The van der Waals surface area contributed by atoms with Gasteiger partial charge in [0.1, 0.15) is 23.2 Å². The first-order chi connectivity index (χ1) is 25.5. The minimum absolute atomic E-state index is 0.0458. The highest BCUT2D eigenvalue weighted by Crippen LogP contribution is 2.49. The third-order valence-electron chi connectivity index (χ3n) is 8.35. The molecule has 2 N–H and O–H groups in total. The van der Waals surface area contributed by atoms with Gasteiger partial charge in [-0.05, 0) is 96.6 Å². The van der Waals surface area contributed by atoms with Crippen LogP contribution in [0.25, 0.3) is 0 Å². The molecule has 302 valence electrons. The Morgan fingerprint density at radius 2 is 1.72 bits per heavy atom. The van der Waals surface area contributed by atoms with E-state index in [1.54, 1.807) is 54.3 Å². The number of amides is 2. The second-order valence-corrected chi connectivity index (χ2v) is 16.6. The summed E-state index contributed by atoms with van der Waals surface area (Å²) < 4.78 is 53.2. The molecule has 0 bridgehead atoms. The van der Waals surface area contributed by atoms with Gasteiger partial charge in [-0.3, -0.25) is 4.52 Å². The van der Waals surface area contributed by atoms with Crippen molar-refractivity contribution in [2.24, 2.45) is 11.8 Å². The van der Waals surface area contributed by atoms with Crippen molar-refractivity contribution in [3.05, 3.63) is 60.2 Å². The van der Waals surface area contributed by atoms with Gasteiger partial charge in [-0.2, -0.15) is 0 Å². The molecule has 0 radical (unpaired) electrons. The molecule has 1 heterocycles. The average molecular weight is 779 g/mol. The van der Waals surface area contributed by atoms with Crippen molar-refractivity contribution >= 4 is 25.8 Å². The van der Waals surface area contributed by atoms with Crippen LogP contribution in [0.15, 0.2) is 54.6 Å². The van der Waals surface area contributed by atoms with Crippen molar-refractivity contribution < 1.29 is 56.8 Å². The summed E-state index contributed by atoms with van der Waals surface area (Å²) in [4.78, 5) is 40.3. The average Bonchev–Trinajstić information content (AvgIpc) is 3.43. The van der Waals surface area contributed by atoms with Gasteiger partial charge in [0.25, 0.3) is 0 Å². The number of esters is 1. The van der Waals surface area contributed by atoms with Gasteiger partial charge in [0.15, 0.2) is 6.10 Å². The number of benzene rings is 2. The molecule has 14 nitrogen and oxygen atoms in total. The summed E-state index contributed by atoms with van der Waals surface area (Å²) >= 11 is 0. The van der Waals surface area contributed by atoms with Crippen LogP contribution in [-0.4, -0.2) is 97.4 Å². The van der Waals surface area contributed by atoms with Gasteiger partial charge in [0.05, 0.1) is 19.3 Å². The number of nitrogens with zero attached hydrogens (tertiary/aromatic N) is 1. The molecule has 0 spiro atoms. The first-order valence-electron chi connectivity index (χ1n) is 18.6. The number of hydrogen-bond acceptors (Lipinski definition) is 12. The number of hydrogen-bond donors (Lipinski definition) is 2. The largest absolute Gasteiger partial charge is 0.480 e. The van der Waals surface area contributed by atoms with E-state index in [0.717, 1.165) is 5.56 Å². The first-order valence-corrected chi connectivity index (χ1v) is 20.3. The third kappa shape index (κ3) is 15.5. The number of nitrogens with one attached hydrogen (secondary N) is 1. The van der Waals surface area contributed by atoms with Crippen LogP contribution in [0, 0.1) is 11.8 Å². The van der Waals surface area contributed by atoms with E-state index in [1.165, 1.54) is 6.92 Å². The lowest BCUT2D eigenvalue weighted by atomic mass is 9.96. The number of aliphatic hydroxyl groups is 1. The molecule has 1 aliphatic rings. The molecule has 1 saturated heterocycles. The smallest absolute Gasteiger partial charge is 0.417 e. The predicted molar refractivity (Wildman–Crippen MR) is 203 cm³/mol. The Bertz CT molecular complexity index is 1500. The molecule has 0 aromatic heterocycles. The summed E-state index contributed by atoms with van der Waals surface area (Å²) in [6, 6.07) is 15.0. The molecule has 0 saturated carbocycles. The molecule has 2 aromatic carbocycles. The van der Waals surface area contributed by atoms with E-state index in [2.05, 4.69) is 5.32 Å². The van der Waals surface area contributed by atoms with E-state index in [9.17, 15) is 24.1 Å². The van der Waals surface area contributed by atoms with E-state index >= 15 is 0 Å². The fourth-order valence-electron chi connectivity index (χ4n) is 5.81. The monoisotopic (exact) mass is 778 g/mol. The van der Waals surface area contributed by atoms with Crippen molar-refractivity contribution in [2.45, 2.75) is 105 Å². The van der Waals surface area contributed by atoms with E-state index < -0.39 is 56.0 Å². The number of ether oxygens (including phenoxy) is 5. The molecule has 3 rings (SSSR count). The number of alkyl carbamates (subject to hydrolysis) is 1. The van der Waals surface area contributed by atoms with Gasteiger partial charge < -0.3 is 43.5 Å². The molecule has 6 atom stereocenters. The molecule has 1 aliphatic heterocycles. The Labute approximate surface area is 319 Å². The first kappa shape index (κ1) is 44.6. The fraction of sp³-hybridized carbons (Fsp3) is 0.615. The van der Waals surface area contributed by atoms with Crippen molar-refractivity contribution in [3.63, 3.8) is 0 Å². The number of carbonyl (C=O) groups is 3. The fourth-order valence-corrected chi connectivity index (χ4v) is 7.28. The van der Waals surface area contributed by atoms with Crippen molar-refractivity contribution in [3.8, 4) is 11.5 Å². The van der Waals surface area contributed by atoms with Crippen LogP contribution < -0.4 is 14.6 Å². The number of para-hydroxylation sites is 1. The molecule has 0 aliphatic carbocycles. The molecular weight excluding hydrogens is 719 g/mol. The Morgan fingerprint density at radius 1 is 1.04 bits per heavy atom. The maximum atomic E-state index is 13.8. The number of carbonyl (C=O) groups excluding carboxylic acids is 3. The highest BCUT2D eigenvalue weighted by Gasteiger charge is 2.37. The van der Waals surface area contributed by atoms with Gasteiger partial charge in [0, 0.05) is 31.7 Å². The quantitative estimate of drug-likeness (QED) is 0.0806. The molecule has 15 heteroatoms. The minimum atomic E-state index is -4.02. The number of rotatable bonds is 20. The highest BCUT2D eigenvalue weighted by atomic mass is 31.2. The molecular formula is C39H59N2O12P. The van der Waals surface area contributed by atoms with Gasteiger partial charge >= 0.3 is 25.8 Å². The molecule has 1 unspecified atom stereocenters. The molecule has 54 heavy (non-hydrogen) atoms. The second kappa shape index (κ2) is 21.3. The molecule has 2 aromatic rings. The van der Waals surface area contributed by atoms with Gasteiger partial charge in [-0.25, -0.2) is 18.9 Å². The van der Waals surface area contributed by atoms with Crippen LogP contribution in [0.1, 0.15) is 73.8 Å². The van der Waals surface area contributed by atoms with Gasteiger partial charge in [0.2, 0.25) is 6.35 Å². The SMILES string of the molecule is CCOC(=O)[C@H](C)OP(=O)(COc1ccc(C[C@@H](CCN(CC(C)C)C(=O)OC(C)(C)C)NC(=O)O[C@H]2CO[C@@H](C)[C@H]2CCO)cc1)Oc1ccccc1. The van der Waals surface area contributed by atoms with Crippen molar-refractivity contribution in [1.29, 1.82) is 0 Å². The minimum Gasteiger partial charge on any atom is -0.480 e. The lowest BCUT2D eigenvalue weighted by molar-refractivity contribution is -0.150. The Morgan fingerprint density at radius 3 is 2.33 bits per heavy atom. The summed E-state index contributed by atoms with van der Waals surface area (Å²) in [6.45, 7) is 15.6. The van der Waals surface area contributed by atoms with E-state index in [-0.39, 0.29) is 43.5 Å². The lowest BCUT2D eigenvalue weighted by Gasteiger charge is -2.30. The standard InChI is InChI=1S/C39H59N2O12P/c1-9-47-36(43)29(5)52-54(46,53-33-13-11-10-12-14-33)26-49-32-17-15-30(16-18-32)23-31(19-21-41(24-27(2)3)38(45)51-39(6,7)8)40-37(44)50-35-25-48-28(4)34(35)20-22-42/h10-18,27-29,31,34-35,42H,9,19-26H2,1-8H3,(H,40,44)/t28-,29-,31+,34+,35-,54?/m0/s1. The normalized spacial score (nSPS) is 19.3. The predicted octanol–water partition coefficient (Wildman–Crippen LogP) is 6.97. The summed E-state index contributed by atoms with van der Waals surface area (Å²) in [5.41, 5.74) is 0.169. The van der Waals surface area contributed by atoms with Crippen LogP contribution in [0.5, 0.6) is 11.5 Å². The van der Waals surface area contributed by atoms with Gasteiger partial charge in [-0.15, -0.1) is 0 Å². The van der Waals surface area contributed by atoms with Crippen LogP contribution in [-0.2, 0) is 39.3 Å². The van der Waals surface area contributed by atoms with E-state index in [0.29, 0.717) is 38.1 Å². The van der Waals surface area contributed by atoms with E-state index in [1.807, 2.05) is 53.7 Å². The highest BCUT2D eigenvalue weighted by molar-refractivity contribution is 7.54. The zero-order valence-electron chi connectivity index (χ0n) is 32.9. The Hall–Kier alpha value is -3.84. The molecule has 2 amide bonds. The zero-order chi connectivity index (χ0) is 39.9. The number of aliphatic hydroxyl groups excluding tert-OH is 1. The summed E-state index contributed by atoms with van der Waals surface area (Å²) in [6.07, 6.45) is -2.15. The topological polar surface area (TPSA) is 168 Å². The van der Waals surface area contributed by atoms with Crippen LogP contribution in [0.3, 0.4) is 0 Å². The zero-order valence-corrected chi connectivity index (χ0v) is 33.8. The second-order valence-electron chi connectivity index (χ2n) is 14.7. The lowest BCUT2D eigenvalue weighted by Crippen LogP contribution is -2.44. The summed E-state index contributed by atoms with van der Waals surface area (Å²) in [5, 5.41) is 12.5. The summed E-state index contributed by atoms with van der Waals surface area (Å²) in [7, 11) is -4.02. The van der Waals surface area contributed by atoms with Crippen LogP contribution in [0.2, 0.25) is 0 Å². The van der Waals surface area contributed by atoms with Crippen LogP contribution >= 0.6 is 7.60 Å². The maximum absolute atomic E-state index is 13.8. The van der Waals surface area contributed by atoms with Crippen molar-refractivity contribution in [1.82, 2.24) is 10.2 Å². The Kier molecular flexibility index (Phi) is 17.6. The third-order valence-corrected chi connectivity index (χ3v) is 9.92. The molecule has 1 fully saturated rings. The van der Waals surface area contributed by atoms with E-state index in [4.69, 9.17) is 32.7 Å². The van der Waals surface area contributed by atoms with Crippen LogP contribution in [0.4, 0.5) is 9.59 Å².